The fraction of sp³-hybridized carbons (Fsp3) is 0.500. The van der Waals surface area contributed by atoms with Crippen LogP contribution < -0.4 is 0 Å². The summed E-state index contributed by atoms with van der Waals surface area (Å²) < 4.78 is 7.51. The monoisotopic (exact) mass is 290 g/mol. The minimum absolute atomic E-state index is 0.255. The lowest BCUT2D eigenvalue weighted by Crippen LogP contribution is -2.17. The van der Waals surface area contributed by atoms with Gasteiger partial charge in [-0.05, 0) is 35.8 Å². The van der Waals surface area contributed by atoms with Crippen LogP contribution in [0.1, 0.15) is 30.6 Å². The fourth-order valence-electron chi connectivity index (χ4n) is 2.33. The van der Waals surface area contributed by atoms with E-state index in [0.717, 1.165) is 31.1 Å². The Morgan fingerprint density at radius 3 is 3.00 bits per heavy atom. The number of rotatable bonds is 5. The highest BCUT2D eigenvalue weighted by molar-refractivity contribution is 7.99. The molecule has 0 amide bonds. The van der Waals surface area contributed by atoms with Crippen LogP contribution in [0.3, 0.4) is 0 Å². The van der Waals surface area contributed by atoms with Crippen molar-refractivity contribution in [1.82, 2.24) is 20.2 Å². The van der Waals surface area contributed by atoms with Gasteiger partial charge in [0, 0.05) is 11.9 Å². The van der Waals surface area contributed by atoms with E-state index < -0.39 is 0 Å². The molecule has 106 valence electrons. The Hall–Kier alpha value is -1.40. The zero-order chi connectivity index (χ0) is 13.8. The van der Waals surface area contributed by atoms with E-state index in [1.807, 2.05) is 10.7 Å². The highest BCUT2D eigenvalue weighted by Crippen LogP contribution is 2.33. The predicted octanol–water partition coefficient (Wildman–Crippen LogP) is 2.71. The lowest BCUT2D eigenvalue weighted by atomic mass is 10.2. The maximum absolute atomic E-state index is 5.65. The van der Waals surface area contributed by atoms with Gasteiger partial charge < -0.3 is 4.74 Å². The lowest BCUT2D eigenvalue weighted by molar-refractivity contribution is 0.0911. The van der Waals surface area contributed by atoms with Crippen LogP contribution in [-0.2, 0) is 11.3 Å². The molecule has 0 bridgehead atoms. The van der Waals surface area contributed by atoms with Crippen LogP contribution >= 0.6 is 11.8 Å². The maximum atomic E-state index is 5.65. The van der Waals surface area contributed by atoms with Gasteiger partial charge in [0.15, 0.2) is 0 Å². The largest absolute Gasteiger partial charge is 0.376 e. The average molecular weight is 290 g/mol. The van der Waals surface area contributed by atoms with E-state index in [1.54, 1.807) is 11.8 Å². The van der Waals surface area contributed by atoms with Crippen LogP contribution in [0, 0.1) is 0 Å². The maximum Gasteiger partial charge on any atom is 0.209 e. The average Bonchev–Trinajstić information content (AvgIpc) is 3.13. The molecule has 2 unspecified atom stereocenters. The Kier molecular flexibility index (Phi) is 4.32. The molecule has 5 nitrogen and oxygen atoms in total. The van der Waals surface area contributed by atoms with E-state index in [-0.39, 0.29) is 6.10 Å². The molecule has 0 radical (unpaired) electrons. The first-order chi connectivity index (χ1) is 9.83. The Labute approximate surface area is 122 Å². The number of benzene rings is 1. The molecule has 6 heteroatoms. The third kappa shape index (κ3) is 3.19. The summed E-state index contributed by atoms with van der Waals surface area (Å²) in [7, 11) is 0. The topological polar surface area (TPSA) is 52.8 Å². The molecule has 0 spiro atoms. The summed E-state index contributed by atoms with van der Waals surface area (Å²) in [6.07, 6.45) is 2.48. The summed E-state index contributed by atoms with van der Waals surface area (Å²) in [5.74, 6) is 0. The van der Waals surface area contributed by atoms with Crippen LogP contribution in [0.2, 0.25) is 0 Å². The van der Waals surface area contributed by atoms with Crippen molar-refractivity contribution in [3.05, 3.63) is 35.9 Å². The molecular formula is C14H18N4OS. The lowest BCUT2D eigenvalue weighted by Gasteiger charge is -2.13. The summed E-state index contributed by atoms with van der Waals surface area (Å²) in [5, 5.41) is 13.2. The first-order valence-corrected chi connectivity index (χ1v) is 7.80. The summed E-state index contributed by atoms with van der Waals surface area (Å²) in [5.41, 5.74) is 1.28. The zero-order valence-corrected chi connectivity index (χ0v) is 12.3. The predicted molar refractivity (Wildman–Crippen MR) is 77.5 cm³/mol. The molecule has 3 rings (SSSR count). The van der Waals surface area contributed by atoms with Crippen molar-refractivity contribution in [1.29, 1.82) is 0 Å². The summed E-state index contributed by atoms with van der Waals surface area (Å²) in [6, 6.07) is 10.4. The van der Waals surface area contributed by atoms with Crippen molar-refractivity contribution in [2.75, 3.05) is 6.61 Å². The molecule has 2 heterocycles. The van der Waals surface area contributed by atoms with Gasteiger partial charge in [0.05, 0.1) is 12.6 Å². The minimum Gasteiger partial charge on any atom is -0.376 e. The van der Waals surface area contributed by atoms with Gasteiger partial charge in [-0.25, -0.2) is 4.68 Å². The van der Waals surface area contributed by atoms with E-state index in [0.29, 0.717) is 5.25 Å². The fourth-order valence-corrected chi connectivity index (χ4v) is 3.25. The summed E-state index contributed by atoms with van der Waals surface area (Å²) in [4.78, 5) is 0. The van der Waals surface area contributed by atoms with Crippen LogP contribution in [0.25, 0.3) is 0 Å². The molecule has 20 heavy (non-hydrogen) atoms. The second-order valence-corrected chi connectivity index (χ2v) is 6.26. The van der Waals surface area contributed by atoms with Crippen molar-refractivity contribution < 1.29 is 4.74 Å². The first kappa shape index (κ1) is 13.6. The molecule has 1 saturated heterocycles. The first-order valence-electron chi connectivity index (χ1n) is 6.92. The van der Waals surface area contributed by atoms with Crippen LogP contribution in [0.4, 0.5) is 0 Å². The van der Waals surface area contributed by atoms with Crippen LogP contribution in [-0.4, -0.2) is 32.9 Å². The second-order valence-electron chi connectivity index (χ2n) is 4.95. The third-order valence-electron chi connectivity index (χ3n) is 3.45. The van der Waals surface area contributed by atoms with Crippen LogP contribution in [0.15, 0.2) is 35.5 Å². The molecule has 1 aromatic carbocycles. The van der Waals surface area contributed by atoms with Crippen molar-refractivity contribution >= 4 is 11.8 Å². The molecule has 1 aliphatic heterocycles. The SMILES string of the molecule is CC(Sc1nnnn1CC1CCCO1)c1ccccc1. The molecule has 0 aliphatic carbocycles. The van der Waals surface area contributed by atoms with Gasteiger partial charge in [-0.2, -0.15) is 0 Å². The number of thioether (sulfide) groups is 1. The van der Waals surface area contributed by atoms with Crippen molar-refractivity contribution in [2.24, 2.45) is 0 Å². The number of aromatic nitrogens is 4. The number of hydrogen-bond acceptors (Lipinski definition) is 5. The quantitative estimate of drug-likeness (QED) is 0.792. The molecule has 2 aromatic rings. The van der Waals surface area contributed by atoms with Crippen molar-refractivity contribution in [3.8, 4) is 0 Å². The smallest absolute Gasteiger partial charge is 0.209 e. The normalized spacial score (nSPS) is 20.1. The van der Waals surface area contributed by atoms with E-state index in [4.69, 9.17) is 4.74 Å². The Bertz CT molecular complexity index is 539. The molecule has 1 fully saturated rings. The molecule has 0 saturated carbocycles. The van der Waals surface area contributed by atoms with Gasteiger partial charge in [-0.15, -0.1) is 5.10 Å². The van der Waals surface area contributed by atoms with E-state index in [9.17, 15) is 0 Å². The number of hydrogen-bond donors (Lipinski definition) is 0. The second kappa shape index (κ2) is 6.37. The standard InChI is InChI=1S/C14H18N4OS/c1-11(12-6-3-2-4-7-12)20-14-15-16-17-18(14)10-13-8-5-9-19-13/h2-4,6-7,11,13H,5,8-10H2,1H3. The van der Waals surface area contributed by atoms with Crippen LogP contribution in [0.5, 0.6) is 0 Å². The Morgan fingerprint density at radius 2 is 2.25 bits per heavy atom. The van der Waals surface area contributed by atoms with Crippen molar-refractivity contribution in [3.63, 3.8) is 0 Å². The van der Waals surface area contributed by atoms with E-state index in [2.05, 4.69) is 46.7 Å². The molecule has 1 aromatic heterocycles. The number of nitrogens with zero attached hydrogens (tertiary/aromatic N) is 4. The van der Waals surface area contributed by atoms with E-state index >= 15 is 0 Å². The summed E-state index contributed by atoms with van der Waals surface area (Å²) in [6.45, 7) is 3.78. The molecule has 1 aliphatic rings. The van der Waals surface area contributed by atoms with Gasteiger partial charge in [-0.3, -0.25) is 0 Å². The third-order valence-corrected chi connectivity index (χ3v) is 4.58. The molecule has 2 atom stereocenters. The van der Waals surface area contributed by atoms with E-state index in [1.165, 1.54) is 5.56 Å². The minimum atomic E-state index is 0.255. The highest BCUT2D eigenvalue weighted by atomic mass is 32.2. The van der Waals surface area contributed by atoms with Gasteiger partial charge in [0.2, 0.25) is 5.16 Å². The highest BCUT2D eigenvalue weighted by Gasteiger charge is 2.20. The van der Waals surface area contributed by atoms with Gasteiger partial charge >= 0.3 is 0 Å². The Morgan fingerprint density at radius 1 is 1.40 bits per heavy atom. The number of tetrazole rings is 1. The van der Waals surface area contributed by atoms with Gasteiger partial charge in [0.1, 0.15) is 0 Å². The summed E-state index contributed by atoms with van der Waals surface area (Å²) >= 11 is 1.68. The zero-order valence-electron chi connectivity index (χ0n) is 11.5. The Balaban J connectivity index is 1.67. The van der Waals surface area contributed by atoms with Crippen molar-refractivity contribution in [2.45, 2.75) is 42.8 Å². The number of ether oxygens (including phenoxy) is 1. The van der Waals surface area contributed by atoms with Gasteiger partial charge in [-0.1, -0.05) is 42.1 Å². The molecule has 0 N–H and O–H groups in total. The van der Waals surface area contributed by atoms with Gasteiger partial charge in [0.25, 0.3) is 0 Å². The molecular weight excluding hydrogens is 272 g/mol.